The molecule has 0 fully saturated rings. The first kappa shape index (κ1) is 15.2. The number of hydrogen-bond acceptors (Lipinski definition) is 2. The molecular weight excluding hydrogens is 302 g/mol. The van der Waals surface area contributed by atoms with Crippen LogP contribution in [0.15, 0.2) is 23.6 Å². The normalized spacial score (nSPS) is 11.5. The Morgan fingerprint density at radius 1 is 1.23 bits per heavy atom. The second kappa shape index (κ2) is 6.18. The monoisotopic (exact) mass is 320 g/mol. The van der Waals surface area contributed by atoms with Crippen molar-refractivity contribution in [1.29, 1.82) is 0 Å². The summed E-state index contributed by atoms with van der Waals surface area (Å²) < 4.78 is 27.7. The fourth-order valence-corrected chi connectivity index (χ4v) is 3.76. The molecule has 0 aliphatic carbocycles. The van der Waals surface area contributed by atoms with E-state index in [9.17, 15) is 8.78 Å². The van der Waals surface area contributed by atoms with E-state index in [2.05, 4.69) is 4.98 Å². The van der Waals surface area contributed by atoms with Gasteiger partial charge in [-0.2, -0.15) is 0 Å². The molecule has 0 atom stereocenters. The standard InChI is InChI=1S/C17H18F2N2S/c1-10-5-7-22-17(10)16-12(4-2-3-6-20)13-8-11(18)9-14(19)15(13)21-16/h5,7-9,21H,2-4,6,20H2,1H3. The highest BCUT2D eigenvalue weighted by Gasteiger charge is 2.18. The molecule has 0 amide bonds. The summed E-state index contributed by atoms with van der Waals surface area (Å²) in [6.45, 7) is 2.65. The molecule has 3 aromatic rings. The zero-order chi connectivity index (χ0) is 15.7. The van der Waals surface area contributed by atoms with Crippen molar-refractivity contribution in [2.24, 2.45) is 5.73 Å². The summed E-state index contributed by atoms with van der Waals surface area (Å²) in [6.07, 6.45) is 2.55. The van der Waals surface area contributed by atoms with Crippen LogP contribution in [0, 0.1) is 18.6 Å². The van der Waals surface area contributed by atoms with Crippen molar-refractivity contribution in [3.8, 4) is 10.6 Å². The van der Waals surface area contributed by atoms with E-state index in [0.29, 0.717) is 17.4 Å². The number of fused-ring (bicyclic) bond motifs is 1. The Hall–Kier alpha value is -1.72. The van der Waals surface area contributed by atoms with E-state index in [-0.39, 0.29) is 0 Å². The lowest BCUT2D eigenvalue weighted by molar-refractivity contribution is 0.591. The van der Waals surface area contributed by atoms with Crippen LogP contribution in [0.4, 0.5) is 8.78 Å². The average molecular weight is 320 g/mol. The van der Waals surface area contributed by atoms with Gasteiger partial charge >= 0.3 is 0 Å². The van der Waals surface area contributed by atoms with Gasteiger partial charge in [-0.1, -0.05) is 0 Å². The predicted molar refractivity (Wildman–Crippen MR) is 88.3 cm³/mol. The van der Waals surface area contributed by atoms with Crippen molar-refractivity contribution in [3.63, 3.8) is 0 Å². The van der Waals surface area contributed by atoms with Crippen molar-refractivity contribution in [1.82, 2.24) is 4.98 Å². The number of hydrogen-bond donors (Lipinski definition) is 2. The molecule has 5 heteroatoms. The second-order valence-electron chi connectivity index (χ2n) is 5.47. The fourth-order valence-electron chi connectivity index (χ4n) is 2.80. The first-order valence-electron chi connectivity index (χ1n) is 7.36. The SMILES string of the molecule is Cc1ccsc1-c1[nH]c2c(F)cc(F)cc2c1CCCCN. The molecule has 0 aliphatic rings. The molecule has 0 spiro atoms. The summed E-state index contributed by atoms with van der Waals surface area (Å²) in [5, 5.41) is 2.65. The van der Waals surface area contributed by atoms with Crippen LogP contribution in [0.5, 0.6) is 0 Å². The number of nitrogens with two attached hydrogens (primary N) is 1. The molecular formula is C17H18F2N2S. The van der Waals surface area contributed by atoms with Gasteiger partial charge in [-0.05, 0) is 61.4 Å². The van der Waals surface area contributed by atoms with Crippen molar-refractivity contribution in [3.05, 3.63) is 46.3 Å². The van der Waals surface area contributed by atoms with Crippen LogP contribution in [0.25, 0.3) is 21.5 Å². The highest BCUT2D eigenvalue weighted by atomic mass is 32.1. The Morgan fingerprint density at radius 3 is 2.73 bits per heavy atom. The largest absolute Gasteiger partial charge is 0.351 e. The minimum Gasteiger partial charge on any atom is -0.351 e. The number of halogens is 2. The third-order valence-electron chi connectivity index (χ3n) is 3.90. The molecule has 0 aliphatic heterocycles. The second-order valence-corrected chi connectivity index (χ2v) is 6.38. The van der Waals surface area contributed by atoms with Gasteiger partial charge in [0, 0.05) is 11.5 Å². The number of aryl methyl sites for hydroxylation is 2. The van der Waals surface area contributed by atoms with E-state index in [1.807, 2.05) is 18.4 Å². The number of benzene rings is 1. The molecule has 2 aromatic heterocycles. The Morgan fingerprint density at radius 2 is 2.05 bits per heavy atom. The summed E-state index contributed by atoms with van der Waals surface area (Å²) in [5.41, 5.74) is 8.96. The first-order valence-corrected chi connectivity index (χ1v) is 8.24. The molecule has 0 bridgehead atoms. The molecule has 0 unspecified atom stereocenters. The van der Waals surface area contributed by atoms with Crippen LogP contribution in [-0.2, 0) is 6.42 Å². The van der Waals surface area contributed by atoms with Gasteiger partial charge in [-0.15, -0.1) is 11.3 Å². The minimum absolute atomic E-state index is 0.381. The molecule has 1 aromatic carbocycles. The van der Waals surface area contributed by atoms with Gasteiger partial charge in [-0.3, -0.25) is 0 Å². The molecule has 22 heavy (non-hydrogen) atoms. The number of thiophene rings is 1. The highest BCUT2D eigenvalue weighted by molar-refractivity contribution is 7.13. The van der Waals surface area contributed by atoms with Gasteiger partial charge < -0.3 is 10.7 Å². The maximum Gasteiger partial charge on any atom is 0.150 e. The molecule has 3 rings (SSSR count). The van der Waals surface area contributed by atoms with Gasteiger partial charge in [0.2, 0.25) is 0 Å². The lowest BCUT2D eigenvalue weighted by Gasteiger charge is -2.04. The van der Waals surface area contributed by atoms with Gasteiger partial charge in [0.05, 0.1) is 16.1 Å². The quantitative estimate of drug-likeness (QED) is 0.654. The van der Waals surface area contributed by atoms with Crippen molar-refractivity contribution in [2.75, 3.05) is 6.54 Å². The zero-order valence-electron chi connectivity index (χ0n) is 12.4. The van der Waals surface area contributed by atoms with Crippen molar-refractivity contribution in [2.45, 2.75) is 26.2 Å². The summed E-state index contributed by atoms with van der Waals surface area (Å²) in [5.74, 6) is -1.09. The molecule has 3 N–H and O–H groups in total. The summed E-state index contributed by atoms with van der Waals surface area (Å²) >= 11 is 1.61. The number of aromatic nitrogens is 1. The van der Waals surface area contributed by atoms with E-state index in [1.54, 1.807) is 11.3 Å². The maximum atomic E-state index is 14.1. The van der Waals surface area contributed by atoms with Crippen LogP contribution in [0.3, 0.4) is 0 Å². The van der Waals surface area contributed by atoms with Crippen molar-refractivity contribution < 1.29 is 8.78 Å². The average Bonchev–Trinajstić information content (AvgIpc) is 3.03. The topological polar surface area (TPSA) is 41.8 Å². The van der Waals surface area contributed by atoms with Crippen LogP contribution in [0.2, 0.25) is 0 Å². The molecule has 2 nitrogen and oxygen atoms in total. The first-order chi connectivity index (χ1) is 10.6. The third kappa shape index (κ3) is 2.66. The van der Waals surface area contributed by atoms with Gasteiger partial charge in [0.15, 0.2) is 0 Å². The lowest BCUT2D eigenvalue weighted by Crippen LogP contribution is -1.99. The maximum absolute atomic E-state index is 14.1. The molecule has 0 saturated carbocycles. The van der Waals surface area contributed by atoms with E-state index < -0.39 is 11.6 Å². The number of H-pyrrole nitrogens is 1. The molecule has 116 valence electrons. The number of nitrogens with one attached hydrogen (secondary N) is 1. The zero-order valence-corrected chi connectivity index (χ0v) is 13.2. The third-order valence-corrected chi connectivity index (χ3v) is 4.94. The number of rotatable bonds is 5. The number of aromatic amines is 1. The van der Waals surface area contributed by atoms with Crippen LogP contribution < -0.4 is 5.73 Å². The van der Waals surface area contributed by atoms with E-state index in [1.165, 1.54) is 6.07 Å². The minimum atomic E-state index is -0.546. The van der Waals surface area contributed by atoms with E-state index in [4.69, 9.17) is 5.73 Å². The number of unbranched alkanes of at least 4 members (excludes halogenated alkanes) is 1. The smallest absolute Gasteiger partial charge is 0.150 e. The van der Waals surface area contributed by atoms with E-state index >= 15 is 0 Å². The van der Waals surface area contributed by atoms with Crippen LogP contribution >= 0.6 is 11.3 Å². The summed E-state index contributed by atoms with van der Waals surface area (Å²) in [7, 11) is 0. The highest BCUT2D eigenvalue weighted by Crippen LogP contribution is 2.37. The van der Waals surface area contributed by atoms with Gasteiger partial charge in [0.1, 0.15) is 11.6 Å². The Kier molecular flexibility index (Phi) is 4.27. The summed E-state index contributed by atoms with van der Waals surface area (Å²) in [6, 6.07) is 4.37. The van der Waals surface area contributed by atoms with Crippen LogP contribution in [-0.4, -0.2) is 11.5 Å². The van der Waals surface area contributed by atoms with Crippen LogP contribution in [0.1, 0.15) is 24.0 Å². The van der Waals surface area contributed by atoms with Crippen molar-refractivity contribution >= 4 is 22.2 Å². The lowest BCUT2D eigenvalue weighted by atomic mass is 10.0. The Bertz CT molecular complexity index is 804. The fraction of sp³-hybridized carbons (Fsp3) is 0.294. The molecule has 0 radical (unpaired) electrons. The Labute approximate surface area is 132 Å². The Balaban J connectivity index is 2.19. The predicted octanol–water partition coefficient (Wildman–Crippen LogP) is 4.76. The van der Waals surface area contributed by atoms with E-state index in [0.717, 1.165) is 47.0 Å². The van der Waals surface area contributed by atoms with Gasteiger partial charge in [0.25, 0.3) is 0 Å². The molecule has 2 heterocycles. The van der Waals surface area contributed by atoms with Gasteiger partial charge in [-0.25, -0.2) is 8.78 Å². The molecule has 0 saturated heterocycles. The summed E-state index contributed by atoms with van der Waals surface area (Å²) in [4.78, 5) is 4.25.